The smallest absolute Gasteiger partial charge is 0.309 e. The second kappa shape index (κ2) is 4.97. The molecule has 0 saturated heterocycles. The van der Waals surface area contributed by atoms with Gasteiger partial charge in [-0.3, -0.25) is 4.79 Å². The molecule has 2 nitrogen and oxygen atoms in total. The SMILES string of the molecule is CC(C)(CCc1cc(Br)c(Br)s1)C(=O)O. The molecule has 5 heteroatoms. The van der Waals surface area contributed by atoms with E-state index in [1.165, 1.54) is 4.88 Å². The summed E-state index contributed by atoms with van der Waals surface area (Å²) in [5, 5.41) is 8.96. The Morgan fingerprint density at radius 1 is 1.53 bits per heavy atom. The van der Waals surface area contributed by atoms with Gasteiger partial charge in [0, 0.05) is 9.35 Å². The van der Waals surface area contributed by atoms with E-state index in [0.717, 1.165) is 14.7 Å². The molecule has 0 spiro atoms. The monoisotopic (exact) mass is 354 g/mol. The molecule has 0 atom stereocenters. The van der Waals surface area contributed by atoms with Crippen LogP contribution >= 0.6 is 43.2 Å². The number of hydrogen-bond acceptors (Lipinski definition) is 2. The van der Waals surface area contributed by atoms with Gasteiger partial charge in [0.25, 0.3) is 0 Å². The first-order valence-corrected chi connectivity index (χ1v) is 6.90. The Balaban J connectivity index is 2.61. The number of aryl methyl sites for hydroxylation is 1. The zero-order valence-electron chi connectivity index (χ0n) is 8.51. The van der Waals surface area contributed by atoms with Crippen molar-refractivity contribution in [1.29, 1.82) is 0 Å². The fourth-order valence-electron chi connectivity index (χ4n) is 1.06. The molecule has 15 heavy (non-hydrogen) atoms. The van der Waals surface area contributed by atoms with Gasteiger partial charge in [-0.25, -0.2) is 0 Å². The summed E-state index contributed by atoms with van der Waals surface area (Å²) in [6.07, 6.45) is 1.45. The summed E-state index contributed by atoms with van der Waals surface area (Å²) in [6, 6.07) is 2.03. The number of carbonyl (C=O) groups is 1. The average Bonchev–Trinajstić information content (AvgIpc) is 2.43. The van der Waals surface area contributed by atoms with Crippen LogP contribution in [0.1, 0.15) is 25.1 Å². The van der Waals surface area contributed by atoms with Crippen molar-refractivity contribution < 1.29 is 9.90 Å². The maximum Gasteiger partial charge on any atom is 0.309 e. The maximum absolute atomic E-state index is 10.9. The molecule has 0 radical (unpaired) electrons. The van der Waals surface area contributed by atoms with E-state index in [1.54, 1.807) is 25.2 Å². The van der Waals surface area contributed by atoms with Crippen LogP contribution in [0.3, 0.4) is 0 Å². The molecule has 84 valence electrons. The lowest BCUT2D eigenvalue weighted by molar-refractivity contribution is -0.147. The molecule has 0 aliphatic rings. The van der Waals surface area contributed by atoms with E-state index in [9.17, 15) is 4.79 Å². The van der Waals surface area contributed by atoms with Crippen LogP contribution in [-0.4, -0.2) is 11.1 Å². The van der Waals surface area contributed by atoms with Gasteiger partial charge in [-0.15, -0.1) is 11.3 Å². The Hall–Kier alpha value is 0.130. The van der Waals surface area contributed by atoms with E-state index < -0.39 is 11.4 Å². The first-order valence-electron chi connectivity index (χ1n) is 4.50. The fraction of sp³-hybridized carbons (Fsp3) is 0.500. The summed E-state index contributed by atoms with van der Waals surface area (Å²) >= 11 is 8.48. The molecule has 1 N–H and O–H groups in total. The van der Waals surface area contributed by atoms with Crippen LogP contribution in [0, 0.1) is 5.41 Å². The number of carboxylic acids is 1. The van der Waals surface area contributed by atoms with Gasteiger partial charge in [0.1, 0.15) is 0 Å². The second-order valence-electron chi connectivity index (χ2n) is 4.02. The number of thiophene rings is 1. The normalized spacial score (nSPS) is 11.7. The topological polar surface area (TPSA) is 37.3 Å². The largest absolute Gasteiger partial charge is 0.481 e. The molecule has 0 bridgehead atoms. The van der Waals surface area contributed by atoms with E-state index in [2.05, 4.69) is 31.9 Å². The number of halogens is 2. The molecule has 1 aromatic heterocycles. The molecule has 0 aliphatic heterocycles. The number of aliphatic carboxylic acids is 1. The first-order chi connectivity index (χ1) is 6.83. The van der Waals surface area contributed by atoms with Crippen LogP contribution in [-0.2, 0) is 11.2 Å². The standard InChI is InChI=1S/C10H12Br2O2S/c1-10(2,9(13)14)4-3-6-5-7(11)8(12)15-6/h5H,3-4H2,1-2H3,(H,13,14). The highest BCUT2D eigenvalue weighted by molar-refractivity contribution is 9.13. The highest BCUT2D eigenvalue weighted by Gasteiger charge is 2.26. The summed E-state index contributed by atoms with van der Waals surface area (Å²) in [5.74, 6) is -0.739. The van der Waals surface area contributed by atoms with Crippen molar-refractivity contribution in [3.8, 4) is 0 Å². The first kappa shape index (κ1) is 13.2. The van der Waals surface area contributed by atoms with Gasteiger partial charge in [-0.2, -0.15) is 0 Å². The minimum Gasteiger partial charge on any atom is -0.481 e. The van der Waals surface area contributed by atoms with Gasteiger partial charge in [0.2, 0.25) is 0 Å². The second-order valence-corrected chi connectivity index (χ2v) is 7.33. The minimum absolute atomic E-state index is 0.650. The Kier molecular flexibility index (Phi) is 4.38. The Morgan fingerprint density at radius 2 is 2.13 bits per heavy atom. The molecular weight excluding hydrogens is 344 g/mol. The molecule has 0 unspecified atom stereocenters. The van der Waals surface area contributed by atoms with Crippen molar-refractivity contribution in [3.05, 3.63) is 19.2 Å². The minimum atomic E-state index is -0.739. The third-order valence-corrected chi connectivity index (χ3v) is 5.59. The van der Waals surface area contributed by atoms with Crippen LogP contribution < -0.4 is 0 Å². The Morgan fingerprint density at radius 3 is 2.53 bits per heavy atom. The number of hydrogen-bond donors (Lipinski definition) is 1. The summed E-state index contributed by atoms with van der Waals surface area (Å²) in [7, 11) is 0. The molecule has 1 rings (SSSR count). The van der Waals surface area contributed by atoms with Crippen LogP contribution in [0.2, 0.25) is 0 Å². The molecule has 1 aromatic rings. The third-order valence-electron chi connectivity index (χ3n) is 2.27. The van der Waals surface area contributed by atoms with Crippen molar-refractivity contribution in [1.82, 2.24) is 0 Å². The quantitative estimate of drug-likeness (QED) is 0.873. The molecular formula is C10H12Br2O2S. The van der Waals surface area contributed by atoms with Gasteiger partial charge in [-0.05, 0) is 64.6 Å². The van der Waals surface area contributed by atoms with Crippen LogP contribution in [0.5, 0.6) is 0 Å². The summed E-state index contributed by atoms with van der Waals surface area (Å²) in [5.41, 5.74) is -0.650. The Bertz CT molecular complexity index is 352. The van der Waals surface area contributed by atoms with Crippen LogP contribution in [0.4, 0.5) is 0 Å². The van der Waals surface area contributed by atoms with Gasteiger partial charge < -0.3 is 5.11 Å². The zero-order valence-corrected chi connectivity index (χ0v) is 12.5. The fourth-order valence-corrected chi connectivity index (χ4v) is 3.23. The molecule has 1 heterocycles. The molecule has 0 aliphatic carbocycles. The van der Waals surface area contributed by atoms with Gasteiger partial charge in [-0.1, -0.05) is 0 Å². The van der Waals surface area contributed by atoms with Crippen LogP contribution in [0.15, 0.2) is 14.3 Å². The Labute approximate surface area is 110 Å². The maximum atomic E-state index is 10.9. The lowest BCUT2D eigenvalue weighted by atomic mass is 9.88. The zero-order chi connectivity index (χ0) is 11.6. The van der Waals surface area contributed by atoms with E-state index in [4.69, 9.17) is 5.11 Å². The van der Waals surface area contributed by atoms with Crippen LogP contribution in [0.25, 0.3) is 0 Å². The molecule has 0 aromatic carbocycles. The molecule has 0 fully saturated rings. The third kappa shape index (κ3) is 3.57. The predicted octanol–water partition coefficient (Wildman–Crippen LogP) is 4.32. The summed E-state index contributed by atoms with van der Waals surface area (Å²) < 4.78 is 2.10. The van der Waals surface area contributed by atoms with E-state index >= 15 is 0 Å². The summed E-state index contributed by atoms with van der Waals surface area (Å²) in [4.78, 5) is 12.1. The van der Waals surface area contributed by atoms with E-state index in [0.29, 0.717) is 6.42 Å². The highest BCUT2D eigenvalue weighted by atomic mass is 79.9. The van der Waals surface area contributed by atoms with E-state index in [1.807, 2.05) is 6.07 Å². The van der Waals surface area contributed by atoms with Gasteiger partial charge in [0.15, 0.2) is 0 Å². The molecule has 0 amide bonds. The predicted molar refractivity (Wildman–Crippen MR) is 69.5 cm³/mol. The van der Waals surface area contributed by atoms with Gasteiger partial charge >= 0.3 is 5.97 Å². The lowest BCUT2D eigenvalue weighted by Crippen LogP contribution is -2.23. The van der Waals surface area contributed by atoms with Crippen molar-refractivity contribution in [2.24, 2.45) is 5.41 Å². The van der Waals surface area contributed by atoms with Crippen molar-refractivity contribution in [3.63, 3.8) is 0 Å². The molecule has 0 saturated carbocycles. The lowest BCUT2D eigenvalue weighted by Gasteiger charge is -2.17. The highest BCUT2D eigenvalue weighted by Crippen LogP contribution is 2.34. The van der Waals surface area contributed by atoms with Crippen molar-refractivity contribution >= 4 is 49.2 Å². The van der Waals surface area contributed by atoms with Crippen molar-refractivity contribution in [2.45, 2.75) is 26.7 Å². The summed E-state index contributed by atoms with van der Waals surface area (Å²) in [6.45, 7) is 3.51. The average molecular weight is 356 g/mol. The van der Waals surface area contributed by atoms with E-state index in [-0.39, 0.29) is 0 Å². The van der Waals surface area contributed by atoms with Gasteiger partial charge in [0.05, 0.1) is 9.20 Å². The number of carboxylic acid groups (broad SMARTS) is 1. The van der Waals surface area contributed by atoms with Crippen molar-refractivity contribution in [2.75, 3.05) is 0 Å². The number of rotatable bonds is 4.